The summed E-state index contributed by atoms with van der Waals surface area (Å²) in [6.45, 7) is 2.49. The van der Waals surface area contributed by atoms with E-state index >= 15 is 0 Å². The Balaban J connectivity index is 2.11. The normalized spacial score (nSPS) is 10.3. The molecule has 0 saturated heterocycles. The molecule has 0 N–H and O–H groups in total. The maximum absolute atomic E-state index is 5.92. The summed E-state index contributed by atoms with van der Waals surface area (Å²) in [6.07, 6.45) is 3.62. The number of aryl methyl sites for hydroxylation is 1. The van der Waals surface area contributed by atoms with Crippen molar-refractivity contribution in [1.82, 2.24) is 4.98 Å². The molecule has 0 fully saturated rings. The van der Waals surface area contributed by atoms with Gasteiger partial charge in [0.1, 0.15) is 18.1 Å². The molecule has 1 aromatic heterocycles. The first-order valence-electron chi connectivity index (χ1n) is 5.99. The molecule has 100 valence electrons. The van der Waals surface area contributed by atoms with E-state index in [9.17, 15) is 0 Å². The number of nitrogens with zero attached hydrogens (tertiary/aromatic N) is 1. The predicted molar refractivity (Wildman–Crippen MR) is 75.9 cm³/mol. The lowest BCUT2D eigenvalue weighted by Crippen LogP contribution is -1.99. The maximum Gasteiger partial charge on any atom is 0.124 e. The van der Waals surface area contributed by atoms with Crippen LogP contribution in [-0.2, 0) is 12.5 Å². The molecule has 2 aromatic rings. The van der Waals surface area contributed by atoms with E-state index in [4.69, 9.17) is 21.1 Å². The molecule has 0 aliphatic rings. The molecule has 1 aromatic carbocycles. The van der Waals surface area contributed by atoms with Crippen molar-refractivity contribution in [3.05, 3.63) is 53.3 Å². The Morgan fingerprint density at radius 1 is 1.21 bits per heavy atom. The summed E-state index contributed by atoms with van der Waals surface area (Å²) < 4.78 is 11.0. The summed E-state index contributed by atoms with van der Waals surface area (Å²) in [4.78, 5) is 4.14. The Labute approximate surface area is 118 Å². The topological polar surface area (TPSA) is 31.4 Å². The van der Waals surface area contributed by atoms with Crippen LogP contribution in [0.15, 0.2) is 36.7 Å². The minimum Gasteiger partial charge on any atom is -0.497 e. The van der Waals surface area contributed by atoms with Gasteiger partial charge in [-0.05, 0) is 36.8 Å². The van der Waals surface area contributed by atoms with Crippen LogP contribution in [0, 0.1) is 6.92 Å². The largest absolute Gasteiger partial charge is 0.497 e. The zero-order chi connectivity index (χ0) is 13.7. The van der Waals surface area contributed by atoms with Crippen LogP contribution in [0.2, 0.25) is 0 Å². The average Bonchev–Trinajstić information content (AvgIpc) is 2.45. The number of benzene rings is 1. The van der Waals surface area contributed by atoms with Gasteiger partial charge in [0.15, 0.2) is 0 Å². The number of hydrogen-bond acceptors (Lipinski definition) is 3. The molecule has 1 heterocycles. The van der Waals surface area contributed by atoms with E-state index in [0.717, 1.165) is 28.2 Å². The van der Waals surface area contributed by atoms with E-state index in [1.165, 1.54) is 0 Å². The van der Waals surface area contributed by atoms with E-state index in [1.807, 2.05) is 31.3 Å². The standard InChI is InChI=1S/C15H16ClNO2/c1-11-5-12(9-17-8-11)10-19-15-4-3-14(18-2)6-13(15)7-16/h3-6,8-9H,7,10H2,1-2H3. The molecule has 0 aliphatic heterocycles. The highest BCUT2D eigenvalue weighted by atomic mass is 35.5. The Bertz CT molecular complexity index is 558. The van der Waals surface area contributed by atoms with E-state index in [-0.39, 0.29) is 0 Å². The molecule has 4 heteroatoms. The molecule has 0 atom stereocenters. The van der Waals surface area contributed by atoms with Crippen molar-refractivity contribution in [2.75, 3.05) is 7.11 Å². The fourth-order valence-corrected chi connectivity index (χ4v) is 1.99. The molecule has 0 aliphatic carbocycles. The summed E-state index contributed by atoms with van der Waals surface area (Å²) in [7, 11) is 1.63. The highest BCUT2D eigenvalue weighted by Crippen LogP contribution is 2.26. The van der Waals surface area contributed by atoms with Crippen LogP contribution in [0.1, 0.15) is 16.7 Å². The number of halogens is 1. The number of pyridine rings is 1. The summed E-state index contributed by atoms with van der Waals surface area (Å²) in [5, 5.41) is 0. The van der Waals surface area contributed by atoms with Crippen LogP contribution in [0.4, 0.5) is 0 Å². The van der Waals surface area contributed by atoms with Crippen LogP contribution in [-0.4, -0.2) is 12.1 Å². The molecule has 0 amide bonds. The molecule has 2 rings (SSSR count). The Morgan fingerprint density at radius 3 is 2.74 bits per heavy atom. The molecular formula is C15H16ClNO2. The van der Waals surface area contributed by atoms with E-state index in [0.29, 0.717) is 12.5 Å². The maximum atomic E-state index is 5.92. The quantitative estimate of drug-likeness (QED) is 0.781. The van der Waals surface area contributed by atoms with Crippen molar-refractivity contribution in [3.63, 3.8) is 0 Å². The minimum atomic E-state index is 0.388. The smallest absolute Gasteiger partial charge is 0.124 e. The van der Waals surface area contributed by atoms with E-state index < -0.39 is 0 Å². The fourth-order valence-electron chi connectivity index (χ4n) is 1.79. The van der Waals surface area contributed by atoms with Crippen molar-refractivity contribution >= 4 is 11.6 Å². The van der Waals surface area contributed by atoms with E-state index in [2.05, 4.69) is 11.1 Å². The Hall–Kier alpha value is -1.74. The van der Waals surface area contributed by atoms with Gasteiger partial charge in [-0.1, -0.05) is 0 Å². The van der Waals surface area contributed by atoms with Gasteiger partial charge in [-0.3, -0.25) is 4.98 Å². The third-order valence-corrected chi connectivity index (χ3v) is 3.03. The third-order valence-electron chi connectivity index (χ3n) is 2.74. The first-order chi connectivity index (χ1) is 9.22. The molecule has 0 unspecified atom stereocenters. The number of methoxy groups -OCH3 is 1. The van der Waals surface area contributed by atoms with Crippen LogP contribution in [0.3, 0.4) is 0 Å². The van der Waals surface area contributed by atoms with Gasteiger partial charge in [0.05, 0.1) is 13.0 Å². The molecule has 0 spiro atoms. The number of ether oxygens (including phenoxy) is 2. The van der Waals surface area contributed by atoms with Crippen molar-refractivity contribution in [2.24, 2.45) is 0 Å². The van der Waals surface area contributed by atoms with Crippen molar-refractivity contribution in [3.8, 4) is 11.5 Å². The van der Waals surface area contributed by atoms with Crippen molar-refractivity contribution in [2.45, 2.75) is 19.4 Å². The Morgan fingerprint density at radius 2 is 2.05 bits per heavy atom. The van der Waals surface area contributed by atoms with Crippen LogP contribution in [0.25, 0.3) is 0 Å². The van der Waals surface area contributed by atoms with Gasteiger partial charge in [-0.15, -0.1) is 11.6 Å². The SMILES string of the molecule is COc1ccc(OCc2cncc(C)c2)c(CCl)c1. The van der Waals surface area contributed by atoms with Gasteiger partial charge in [0.25, 0.3) is 0 Å². The number of alkyl halides is 1. The van der Waals surface area contributed by atoms with Gasteiger partial charge in [0.2, 0.25) is 0 Å². The summed E-state index contributed by atoms with van der Waals surface area (Å²) >= 11 is 5.92. The van der Waals surface area contributed by atoms with Crippen LogP contribution >= 0.6 is 11.6 Å². The van der Waals surface area contributed by atoms with Gasteiger partial charge in [0, 0.05) is 23.5 Å². The predicted octanol–water partition coefficient (Wildman–Crippen LogP) is 3.72. The van der Waals surface area contributed by atoms with E-state index in [1.54, 1.807) is 13.3 Å². The monoisotopic (exact) mass is 277 g/mol. The van der Waals surface area contributed by atoms with Crippen LogP contribution in [0.5, 0.6) is 11.5 Å². The molecule has 19 heavy (non-hydrogen) atoms. The van der Waals surface area contributed by atoms with Gasteiger partial charge in [-0.25, -0.2) is 0 Å². The second kappa shape index (κ2) is 6.43. The molecule has 0 radical (unpaired) electrons. The van der Waals surface area contributed by atoms with Gasteiger partial charge in [-0.2, -0.15) is 0 Å². The first-order valence-corrected chi connectivity index (χ1v) is 6.52. The average molecular weight is 278 g/mol. The highest BCUT2D eigenvalue weighted by molar-refractivity contribution is 6.17. The fraction of sp³-hybridized carbons (Fsp3) is 0.267. The third kappa shape index (κ3) is 3.61. The lowest BCUT2D eigenvalue weighted by atomic mass is 10.2. The summed E-state index contributed by atoms with van der Waals surface area (Å²) in [6, 6.07) is 7.67. The second-order valence-electron chi connectivity index (χ2n) is 4.27. The molecule has 0 saturated carbocycles. The number of rotatable bonds is 5. The zero-order valence-corrected chi connectivity index (χ0v) is 11.8. The van der Waals surface area contributed by atoms with Gasteiger partial charge < -0.3 is 9.47 Å². The Kier molecular flexibility index (Phi) is 4.63. The van der Waals surface area contributed by atoms with Crippen molar-refractivity contribution < 1.29 is 9.47 Å². The van der Waals surface area contributed by atoms with Crippen molar-refractivity contribution in [1.29, 1.82) is 0 Å². The molecular weight excluding hydrogens is 262 g/mol. The molecule has 0 bridgehead atoms. The lowest BCUT2D eigenvalue weighted by Gasteiger charge is -2.11. The van der Waals surface area contributed by atoms with Gasteiger partial charge >= 0.3 is 0 Å². The highest BCUT2D eigenvalue weighted by Gasteiger charge is 2.05. The molecule has 3 nitrogen and oxygen atoms in total. The minimum absolute atomic E-state index is 0.388. The number of aromatic nitrogens is 1. The zero-order valence-electron chi connectivity index (χ0n) is 11.0. The second-order valence-corrected chi connectivity index (χ2v) is 4.53. The summed E-state index contributed by atoms with van der Waals surface area (Å²) in [5.41, 5.74) is 3.08. The summed E-state index contributed by atoms with van der Waals surface area (Å²) in [5.74, 6) is 1.94. The number of hydrogen-bond donors (Lipinski definition) is 0. The van der Waals surface area contributed by atoms with Crippen LogP contribution < -0.4 is 9.47 Å². The first kappa shape index (κ1) is 13.7. The lowest BCUT2D eigenvalue weighted by molar-refractivity contribution is 0.302.